The Balaban J connectivity index is 2.03. The average molecular weight is 346 g/mol. The fourth-order valence-corrected chi connectivity index (χ4v) is 4.17. The maximum absolute atomic E-state index is 15.0. The number of thiophene rings is 1. The molecule has 1 aliphatic heterocycles. The van der Waals surface area contributed by atoms with E-state index in [0.29, 0.717) is 40.0 Å². The van der Waals surface area contributed by atoms with Crippen molar-refractivity contribution in [1.29, 1.82) is 0 Å². The Kier molecular flexibility index (Phi) is 3.49. The average Bonchev–Trinajstić information content (AvgIpc) is 2.94. The molecule has 0 saturated carbocycles. The number of benzene rings is 2. The quantitative estimate of drug-likeness (QED) is 0.720. The summed E-state index contributed by atoms with van der Waals surface area (Å²) in [5.41, 5.74) is 0.986. The van der Waals surface area contributed by atoms with Crippen molar-refractivity contribution in [3.8, 4) is 16.9 Å². The minimum atomic E-state index is -1.15. The number of aromatic carboxylic acids is 1. The Morgan fingerprint density at radius 2 is 2.04 bits per heavy atom. The van der Waals surface area contributed by atoms with E-state index in [4.69, 9.17) is 4.74 Å². The summed E-state index contributed by atoms with van der Waals surface area (Å²) in [6, 6.07) is 7.24. The molecule has 6 heteroatoms. The van der Waals surface area contributed by atoms with Gasteiger partial charge in [0.05, 0.1) is 6.61 Å². The molecule has 0 unspecified atom stereocenters. The third kappa shape index (κ3) is 2.26. The van der Waals surface area contributed by atoms with Crippen LogP contribution >= 0.6 is 11.3 Å². The number of carbonyl (C=O) groups is 1. The van der Waals surface area contributed by atoms with Crippen LogP contribution in [0.15, 0.2) is 30.3 Å². The second-order valence-electron chi connectivity index (χ2n) is 5.61. The lowest BCUT2D eigenvalue weighted by atomic mass is 9.96. The van der Waals surface area contributed by atoms with Crippen molar-refractivity contribution in [3.05, 3.63) is 52.4 Å². The molecule has 24 heavy (non-hydrogen) atoms. The zero-order valence-corrected chi connectivity index (χ0v) is 13.3. The number of carboxylic acids is 1. The normalized spacial score (nSPS) is 13.6. The van der Waals surface area contributed by atoms with Gasteiger partial charge in [-0.3, -0.25) is 0 Å². The summed E-state index contributed by atoms with van der Waals surface area (Å²) in [7, 11) is 0. The lowest BCUT2D eigenvalue weighted by Gasteiger charge is -2.19. The van der Waals surface area contributed by atoms with Crippen LogP contribution in [0.25, 0.3) is 21.2 Å². The highest BCUT2D eigenvalue weighted by Gasteiger charge is 2.25. The molecule has 2 aromatic carbocycles. The van der Waals surface area contributed by atoms with Gasteiger partial charge in [-0.25, -0.2) is 13.6 Å². The second-order valence-corrected chi connectivity index (χ2v) is 6.66. The lowest BCUT2D eigenvalue weighted by molar-refractivity contribution is 0.0703. The number of halogens is 2. The summed E-state index contributed by atoms with van der Waals surface area (Å²) in [5.74, 6) is -1.56. The molecule has 2 heterocycles. The molecular formula is C18H12F2O3S. The first-order chi connectivity index (χ1) is 11.6. The predicted molar refractivity (Wildman–Crippen MR) is 88.0 cm³/mol. The molecule has 0 spiro atoms. The van der Waals surface area contributed by atoms with E-state index in [1.165, 1.54) is 24.3 Å². The summed E-state index contributed by atoms with van der Waals surface area (Å²) in [5, 5.41) is 10.0. The molecule has 4 rings (SSSR count). The molecule has 0 fully saturated rings. The van der Waals surface area contributed by atoms with Crippen LogP contribution in [0.1, 0.15) is 21.7 Å². The molecule has 0 aliphatic carbocycles. The number of fused-ring (bicyclic) bond motifs is 2. The monoisotopic (exact) mass is 346 g/mol. The van der Waals surface area contributed by atoms with Crippen LogP contribution in [0.5, 0.6) is 5.75 Å². The van der Waals surface area contributed by atoms with Crippen molar-refractivity contribution in [2.45, 2.75) is 12.8 Å². The van der Waals surface area contributed by atoms with Crippen LogP contribution in [0, 0.1) is 11.6 Å². The van der Waals surface area contributed by atoms with Gasteiger partial charge in [-0.15, -0.1) is 11.3 Å². The first-order valence-corrected chi connectivity index (χ1v) is 8.28. The van der Waals surface area contributed by atoms with Gasteiger partial charge in [-0.2, -0.15) is 0 Å². The van der Waals surface area contributed by atoms with Gasteiger partial charge in [0.15, 0.2) is 0 Å². The van der Waals surface area contributed by atoms with Crippen molar-refractivity contribution in [3.63, 3.8) is 0 Å². The van der Waals surface area contributed by atoms with Crippen LogP contribution in [0.4, 0.5) is 8.78 Å². The molecule has 1 aliphatic rings. The predicted octanol–water partition coefficient (Wildman–Crippen LogP) is 4.87. The Labute approximate surface area is 140 Å². The molecule has 0 amide bonds. The highest BCUT2D eigenvalue weighted by molar-refractivity contribution is 7.21. The number of hydrogen-bond donors (Lipinski definition) is 1. The minimum absolute atomic E-state index is 0.00572. The number of ether oxygens (including phenoxy) is 1. The standard InChI is InChI=1S/C18H12F2O3S/c19-9-3-4-11-14(8-9)24-17(18(21)22)15(11)12-5-6-13-10(16(12)20)2-1-7-23-13/h3-6,8H,1-2,7H2,(H,21,22). The second kappa shape index (κ2) is 5.56. The molecule has 0 radical (unpaired) electrons. The van der Waals surface area contributed by atoms with Gasteiger partial charge in [0.25, 0.3) is 0 Å². The maximum atomic E-state index is 15.0. The fourth-order valence-electron chi connectivity index (χ4n) is 3.08. The van der Waals surface area contributed by atoms with Gasteiger partial charge in [-0.05, 0) is 43.2 Å². The van der Waals surface area contributed by atoms with Crippen LogP contribution in [-0.2, 0) is 6.42 Å². The molecule has 0 saturated heterocycles. The zero-order chi connectivity index (χ0) is 16.8. The summed E-state index contributed by atoms with van der Waals surface area (Å²) in [4.78, 5) is 11.6. The van der Waals surface area contributed by atoms with Crippen LogP contribution in [0.3, 0.4) is 0 Å². The maximum Gasteiger partial charge on any atom is 0.346 e. The molecule has 3 nitrogen and oxygen atoms in total. The van der Waals surface area contributed by atoms with Crippen LogP contribution < -0.4 is 4.74 Å². The van der Waals surface area contributed by atoms with Gasteiger partial charge < -0.3 is 9.84 Å². The van der Waals surface area contributed by atoms with Crippen LogP contribution in [-0.4, -0.2) is 17.7 Å². The Morgan fingerprint density at radius 3 is 2.83 bits per heavy atom. The summed E-state index contributed by atoms with van der Waals surface area (Å²) >= 11 is 0.950. The summed E-state index contributed by atoms with van der Waals surface area (Å²) in [6.07, 6.45) is 1.27. The molecule has 0 bridgehead atoms. The van der Waals surface area contributed by atoms with Gasteiger partial charge in [-0.1, -0.05) is 0 Å². The van der Waals surface area contributed by atoms with E-state index in [2.05, 4.69) is 0 Å². The van der Waals surface area contributed by atoms with E-state index in [9.17, 15) is 14.3 Å². The number of hydrogen-bond acceptors (Lipinski definition) is 3. The van der Waals surface area contributed by atoms with Crippen molar-refractivity contribution in [2.75, 3.05) is 6.61 Å². The highest BCUT2D eigenvalue weighted by atomic mass is 32.1. The van der Waals surface area contributed by atoms with Gasteiger partial charge >= 0.3 is 5.97 Å². The Morgan fingerprint density at radius 1 is 1.21 bits per heavy atom. The largest absolute Gasteiger partial charge is 0.493 e. The van der Waals surface area contributed by atoms with Crippen molar-refractivity contribution in [2.24, 2.45) is 0 Å². The zero-order valence-electron chi connectivity index (χ0n) is 12.4. The van der Waals surface area contributed by atoms with Crippen molar-refractivity contribution in [1.82, 2.24) is 0 Å². The summed E-state index contributed by atoms with van der Waals surface area (Å²) in [6.45, 7) is 0.548. The van der Waals surface area contributed by atoms with E-state index < -0.39 is 17.6 Å². The van der Waals surface area contributed by atoms with Gasteiger partial charge in [0.1, 0.15) is 22.3 Å². The van der Waals surface area contributed by atoms with E-state index in [-0.39, 0.29) is 10.4 Å². The Bertz CT molecular complexity index is 978. The molecular weight excluding hydrogens is 334 g/mol. The molecule has 1 N–H and O–H groups in total. The van der Waals surface area contributed by atoms with E-state index >= 15 is 4.39 Å². The Hall–Kier alpha value is -2.47. The van der Waals surface area contributed by atoms with Crippen LogP contribution in [0.2, 0.25) is 0 Å². The third-order valence-corrected chi connectivity index (χ3v) is 5.29. The van der Waals surface area contributed by atoms with Gasteiger partial charge in [0, 0.05) is 26.8 Å². The SMILES string of the molecule is O=C(O)c1sc2cc(F)ccc2c1-c1ccc2c(c1F)CCCO2. The van der Waals surface area contributed by atoms with E-state index in [0.717, 1.165) is 17.8 Å². The molecule has 0 atom stereocenters. The molecule has 1 aromatic heterocycles. The molecule has 122 valence electrons. The first kappa shape index (κ1) is 15.1. The smallest absolute Gasteiger partial charge is 0.346 e. The lowest BCUT2D eigenvalue weighted by Crippen LogP contribution is -2.10. The fraction of sp³-hybridized carbons (Fsp3) is 0.167. The van der Waals surface area contributed by atoms with Crippen molar-refractivity contribution >= 4 is 27.4 Å². The van der Waals surface area contributed by atoms with Crippen molar-refractivity contribution < 1.29 is 23.4 Å². The number of carboxylic acid groups (broad SMARTS) is 1. The summed E-state index contributed by atoms with van der Waals surface area (Å²) < 4.78 is 34.4. The highest BCUT2D eigenvalue weighted by Crippen LogP contribution is 2.42. The minimum Gasteiger partial charge on any atom is -0.493 e. The topological polar surface area (TPSA) is 46.5 Å². The molecule has 3 aromatic rings. The third-order valence-electron chi connectivity index (χ3n) is 4.14. The number of rotatable bonds is 2. The first-order valence-electron chi connectivity index (χ1n) is 7.46. The van der Waals surface area contributed by atoms with Gasteiger partial charge in [0.2, 0.25) is 0 Å². The van der Waals surface area contributed by atoms with E-state index in [1.807, 2.05) is 0 Å². The van der Waals surface area contributed by atoms with E-state index in [1.54, 1.807) is 6.07 Å².